The molecule has 0 spiro atoms. The zero-order valence-electron chi connectivity index (χ0n) is 23.9. The summed E-state index contributed by atoms with van der Waals surface area (Å²) in [5.41, 5.74) is 0.959. The highest BCUT2D eigenvalue weighted by Gasteiger charge is 2.51. The number of hydrazone groups is 1. The highest BCUT2D eigenvalue weighted by atomic mass is 16.7. The molecule has 222 valence electrons. The van der Waals surface area contributed by atoms with Crippen LogP contribution in [0.2, 0.25) is 0 Å². The molecule has 1 saturated heterocycles. The van der Waals surface area contributed by atoms with Crippen LogP contribution in [0.4, 0.5) is 5.82 Å². The molecule has 2 aliphatic rings. The van der Waals surface area contributed by atoms with Crippen molar-refractivity contribution in [3.63, 3.8) is 0 Å². The summed E-state index contributed by atoms with van der Waals surface area (Å²) in [5.74, 6) is -1.16. The standard InChI is InChI=1S/C27H36N6O8/c1-6-7-8-9-10-11-20(37)30-24-18-12-33(26-21(18)25(28-14-29-26)32(5)31-24)27-23(40-17(4)36)22(39-16(3)35)19(41-27)13-38-15(2)34/h12,14,19,22-23,27H,6-11,13H2,1-5H3,(H,30,31,37)/t19-,22-,23-,27-/m1/s1. The van der Waals surface area contributed by atoms with Gasteiger partial charge < -0.3 is 28.8 Å². The maximum Gasteiger partial charge on any atom is 0.303 e. The largest absolute Gasteiger partial charge is 0.463 e. The van der Waals surface area contributed by atoms with E-state index in [1.54, 1.807) is 22.8 Å². The van der Waals surface area contributed by atoms with Crippen molar-refractivity contribution < 1.29 is 38.1 Å². The minimum Gasteiger partial charge on any atom is -0.463 e. The summed E-state index contributed by atoms with van der Waals surface area (Å²) in [6.07, 6.45) is 4.34. The van der Waals surface area contributed by atoms with Crippen LogP contribution in [-0.2, 0) is 38.1 Å². The molecule has 14 heteroatoms. The van der Waals surface area contributed by atoms with Gasteiger partial charge in [-0.2, -0.15) is 5.10 Å². The van der Waals surface area contributed by atoms with Crippen molar-refractivity contribution in [2.75, 3.05) is 18.7 Å². The second-order valence-electron chi connectivity index (χ2n) is 10.0. The summed E-state index contributed by atoms with van der Waals surface area (Å²) < 4.78 is 24.1. The lowest BCUT2D eigenvalue weighted by molar-refractivity contribution is -0.166. The van der Waals surface area contributed by atoms with E-state index in [4.69, 9.17) is 18.9 Å². The number of anilines is 1. The molecule has 0 aromatic carbocycles. The lowest BCUT2D eigenvalue weighted by atomic mass is 10.1. The molecule has 2 aromatic rings. The number of amides is 1. The molecule has 4 atom stereocenters. The van der Waals surface area contributed by atoms with Crippen molar-refractivity contribution in [3.8, 4) is 0 Å². The third kappa shape index (κ3) is 6.81. The molecule has 41 heavy (non-hydrogen) atoms. The topological polar surface area (TPSA) is 164 Å². The Morgan fingerprint density at radius 3 is 2.37 bits per heavy atom. The number of nitrogens with zero attached hydrogens (tertiary/aromatic N) is 5. The first-order valence-corrected chi connectivity index (χ1v) is 13.7. The SMILES string of the molecule is CCCCCCCC(=O)NC1=NN(C)c2ncnc3c2c1cn3[C@@H]1O[C@H](COC(C)=O)[C@@H](OC(C)=O)[C@H]1OC(C)=O. The molecule has 1 amide bonds. The molecule has 4 heterocycles. The quantitative estimate of drug-likeness (QED) is 0.239. The summed E-state index contributed by atoms with van der Waals surface area (Å²) in [6, 6.07) is 0. The predicted molar refractivity (Wildman–Crippen MR) is 146 cm³/mol. The minimum atomic E-state index is -1.10. The summed E-state index contributed by atoms with van der Waals surface area (Å²) in [7, 11) is 1.71. The molecule has 2 aliphatic heterocycles. The fraction of sp³-hybridized carbons (Fsp3) is 0.593. The number of hydrogen-bond donors (Lipinski definition) is 1. The summed E-state index contributed by atoms with van der Waals surface area (Å²) in [5, 5.41) is 9.59. The van der Waals surface area contributed by atoms with Crippen LogP contribution in [0.3, 0.4) is 0 Å². The Hall–Kier alpha value is -4.07. The number of ether oxygens (including phenoxy) is 4. The lowest BCUT2D eigenvalue weighted by Gasteiger charge is -2.24. The average molecular weight is 573 g/mol. The Morgan fingerprint density at radius 2 is 1.68 bits per heavy atom. The van der Waals surface area contributed by atoms with E-state index in [0.717, 1.165) is 32.1 Å². The van der Waals surface area contributed by atoms with E-state index in [1.165, 1.54) is 27.1 Å². The molecule has 0 aliphatic carbocycles. The summed E-state index contributed by atoms with van der Waals surface area (Å²) in [6.45, 7) is 5.59. The van der Waals surface area contributed by atoms with Gasteiger partial charge in [-0.05, 0) is 6.42 Å². The van der Waals surface area contributed by atoms with E-state index in [-0.39, 0.29) is 12.5 Å². The summed E-state index contributed by atoms with van der Waals surface area (Å²) in [4.78, 5) is 57.2. The lowest BCUT2D eigenvalue weighted by Crippen LogP contribution is -2.40. The number of unbranched alkanes of at least 4 members (excludes halogenated alkanes) is 4. The van der Waals surface area contributed by atoms with Crippen molar-refractivity contribution >= 4 is 46.5 Å². The first-order chi connectivity index (χ1) is 19.6. The van der Waals surface area contributed by atoms with Crippen LogP contribution in [0.1, 0.15) is 78.0 Å². The number of esters is 3. The minimum absolute atomic E-state index is 0.166. The first-order valence-electron chi connectivity index (χ1n) is 13.7. The van der Waals surface area contributed by atoms with Crippen LogP contribution in [0.5, 0.6) is 0 Å². The van der Waals surface area contributed by atoms with E-state index < -0.39 is 42.4 Å². The van der Waals surface area contributed by atoms with Gasteiger partial charge in [0.25, 0.3) is 0 Å². The molecule has 14 nitrogen and oxygen atoms in total. The van der Waals surface area contributed by atoms with E-state index in [9.17, 15) is 19.2 Å². The fourth-order valence-electron chi connectivity index (χ4n) is 5.03. The average Bonchev–Trinajstić information content (AvgIpc) is 3.44. The monoisotopic (exact) mass is 572 g/mol. The number of hydrogen-bond acceptors (Lipinski definition) is 12. The number of amidine groups is 1. The number of rotatable bonds is 11. The molecular formula is C27H36N6O8. The van der Waals surface area contributed by atoms with E-state index in [0.29, 0.717) is 34.7 Å². The second kappa shape index (κ2) is 13.1. The van der Waals surface area contributed by atoms with Crippen molar-refractivity contribution in [2.45, 2.75) is 90.8 Å². The fourth-order valence-corrected chi connectivity index (χ4v) is 5.03. The maximum atomic E-state index is 12.8. The Morgan fingerprint density at radius 1 is 0.976 bits per heavy atom. The Bertz CT molecular complexity index is 1340. The normalized spacial score (nSPS) is 21.4. The van der Waals surface area contributed by atoms with E-state index in [1.807, 2.05) is 0 Å². The highest BCUT2D eigenvalue weighted by Crippen LogP contribution is 2.39. The predicted octanol–water partition coefficient (Wildman–Crippen LogP) is 2.34. The van der Waals surface area contributed by atoms with Gasteiger partial charge >= 0.3 is 17.9 Å². The van der Waals surface area contributed by atoms with Gasteiger partial charge in [0.2, 0.25) is 5.91 Å². The van der Waals surface area contributed by atoms with Crippen LogP contribution in [0.15, 0.2) is 17.6 Å². The van der Waals surface area contributed by atoms with Crippen molar-refractivity contribution in [2.24, 2.45) is 5.10 Å². The van der Waals surface area contributed by atoms with Gasteiger partial charge in [0, 0.05) is 40.4 Å². The van der Waals surface area contributed by atoms with Crippen LogP contribution in [0, 0.1) is 0 Å². The number of nitrogens with one attached hydrogen (secondary N) is 1. The first kappa shape index (κ1) is 29.9. The van der Waals surface area contributed by atoms with E-state index in [2.05, 4.69) is 27.3 Å². The van der Waals surface area contributed by atoms with Crippen LogP contribution in [0.25, 0.3) is 11.0 Å². The van der Waals surface area contributed by atoms with Gasteiger partial charge in [-0.15, -0.1) is 0 Å². The van der Waals surface area contributed by atoms with Crippen LogP contribution >= 0.6 is 0 Å². The molecule has 0 unspecified atom stereocenters. The second-order valence-corrected chi connectivity index (χ2v) is 10.0. The molecule has 0 radical (unpaired) electrons. The Balaban J connectivity index is 1.69. The molecule has 0 saturated carbocycles. The molecular weight excluding hydrogens is 536 g/mol. The van der Waals surface area contributed by atoms with Crippen molar-refractivity contribution in [1.82, 2.24) is 19.9 Å². The highest BCUT2D eigenvalue weighted by molar-refractivity contribution is 6.18. The third-order valence-corrected chi connectivity index (χ3v) is 6.78. The van der Waals surface area contributed by atoms with Crippen molar-refractivity contribution in [3.05, 3.63) is 18.1 Å². The van der Waals surface area contributed by atoms with Crippen LogP contribution < -0.4 is 10.3 Å². The van der Waals surface area contributed by atoms with Crippen molar-refractivity contribution in [1.29, 1.82) is 0 Å². The molecule has 1 N–H and O–H groups in total. The Labute approximate surface area is 237 Å². The van der Waals surface area contributed by atoms with Gasteiger partial charge in [0.1, 0.15) is 24.7 Å². The van der Waals surface area contributed by atoms with Gasteiger partial charge in [-0.1, -0.05) is 32.6 Å². The zero-order valence-corrected chi connectivity index (χ0v) is 23.9. The molecule has 4 rings (SSSR count). The van der Waals surface area contributed by atoms with Gasteiger partial charge in [0.05, 0.1) is 10.9 Å². The van der Waals surface area contributed by atoms with E-state index >= 15 is 0 Å². The molecule has 0 bridgehead atoms. The van der Waals surface area contributed by atoms with Gasteiger partial charge in [-0.25, -0.2) is 15.0 Å². The maximum absolute atomic E-state index is 12.8. The smallest absolute Gasteiger partial charge is 0.303 e. The number of aromatic nitrogens is 3. The molecule has 2 aromatic heterocycles. The van der Waals surface area contributed by atoms with Gasteiger partial charge in [-0.3, -0.25) is 19.2 Å². The number of carbonyl (C=O) groups is 4. The zero-order chi connectivity index (χ0) is 29.7. The van der Waals surface area contributed by atoms with Crippen LogP contribution in [-0.4, -0.2) is 76.2 Å². The van der Waals surface area contributed by atoms with Gasteiger partial charge in [0.15, 0.2) is 30.1 Å². The summed E-state index contributed by atoms with van der Waals surface area (Å²) >= 11 is 0. The Kier molecular flexibility index (Phi) is 9.53. The molecule has 1 fully saturated rings. The third-order valence-electron chi connectivity index (χ3n) is 6.78. The number of carbonyl (C=O) groups excluding carboxylic acids is 4.